The molecule has 0 spiro atoms. The second kappa shape index (κ2) is 8.11. The van der Waals surface area contributed by atoms with E-state index in [0.29, 0.717) is 32.7 Å². The molecule has 4 aromatic rings. The number of carbonyl (C=O) groups is 1. The van der Waals surface area contributed by atoms with Gasteiger partial charge in [0.1, 0.15) is 5.52 Å². The third kappa shape index (κ3) is 4.18. The molecule has 2 aromatic heterocycles. The van der Waals surface area contributed by atoms with E-state index in [2.05, 4.69) is 15.3 Å². The van der Waals surface area contributed by atoms with Gasteiger partial charge in [0.15, 0.2) is 17.4 Å². The molecule has 0 bridgehead atoms. The van der Waals surface area contributed by atoms with Crippen LogP contribution < -0.4 is 10.1 Å². The number of rotatable bonds is 5. The van der Waals surface area contributed by atoms with Crippen molar-refractivity contribution in [2.24, 2.45) is 0 Å². The number of halogens is 2. The van der Waals surface area contributed by atoms with E-state index in [1.54, 1.807) is 55.7 Å². The number of pyridine rings is 1. The fourth-order valence-corrected chi connectivity index (χ4v) is 3.18. The molecule has 0 saturated carbocycles. The topological polar surface area (TPSA) is 77.2 Å². The zero-order chi connectivity index (χ0) is 20.4. The smallest absolute Gasteiger partial charge is 0.265 e. The van der Waals surface area contributed by atoms with E-state index < -0.39 is 6.10 Å². The number of nitrogens with zero attached hydrogens (tertiary/aromatic N) is 2. The lowest BCUT2D eigenvalue weighted by molar-refractivity contribution is -0.122. The highest BCUT2D eigenvalue weighted by atomic mass is 35.5. The van der Waals surface area contributed by atoms with Crippen molar-refractivity contribution in [1.29, 1.82) is 0 Å². The van der Waals surface area contributed by atoms with E-state index in [1.165, 1.54) is 0 Å². The molecule has 146 valence electrons. The van der Waals surface area contributed by atoms with Crippen molar-refractivity contribution in [3.05, 3.63) is 71.0 Å². The Kier molecular flexibility index (Phi) is 5.38. The molecular weight excluding hydrogens is 413 g/mol. The van der Waals surface area contributed by atoms with Crippen LogP contribution in [0.25, 0.3) is 22.6 Å². The summed E-state index contributed by atoms with van der Waals surface area (Å²) in [6.07, 6.45) is 2.53. The highest BCUT2D eigenvalue weighted by Crippen LogP contribution is 2.33. The number of fused-ring (bicyclic) bond motifs is 1. The zero-order valence-electron chi connectivity index (χ0n) is 15.2. The van der Waals surface area contributed by atoms with Gasteiger partial charge in [-0.25, -0.2) is 4.98 Å². The van der Waals surface area contributed by atoms with Crippen molar-refractivity contribution >= 4 is 45.9 Å². The number of carbonyl (C=O) groups excluding carboxylic acids is 1. The Morgan fingerprint density at radius 2 is 1.83 bits per heavy atom. The number of oxazole rings is 1. The highest BCUT2D eigenvalue weighted by molar-refractivity contribution is 6.37. The molecule has 2 aromatic carbocycles. The predicted octanol–water partition coefficient (Wildman–Crippen LogP) is 5.60. The summed E-state index contributed by atoms with van der Waals surface area (Å²) >= 11 is 12.2. The minimum atomic E-state index is -0.812. The summed E-state index contributed by atoms with van der Waals surface area (Å²) < 4.78 is 11.4. The lowest BCUT2D eigenvalue weighted by atomic mass is 10.2. The number of hydrogen-bond acceptors (Lipinski definition) is 5. The maximum Gasteiger partial charge on any atom is 0.265 e. The summed E-state index contributed by atoms with van der Waals surface area (Å²) in [6, 6.07) is 13.8. The summed E-state index contributed by atoms with van der Waals surface area (Å²) in [4.78, 5) is 21.0. The SMILES string of the molecule is CC(Oc1c(Cl)cccc1Cl)C(=O)Nc1ccc2oc(-c3ccncc3)nc2c1. The Morgan fingerprint density at radius 1 is 1.10 bits per heavy atom. The van der Waals surface area contributed by atoms with Crippen LogP contribution in [0.5, 0.6) is 5.75 Å². The molecule has 29 heavy (non-hydrogen) atoms. The molecule has 0 aliphatic carbocycles. The Labute approximate surface area is 176 Å². The van der Waals surface area contributed by atoms with E-state index in [4.69, 9.17) is 32.4 Å². The van der Waals surface area contributed by atoms with Gasteiger partial charge in [-0.1, -0.05) is 29.3 Å². The van der Waals surface area contributed by atoms with Crippen molar-refractivity contribution in [1.82, 2.24) is 9.97 Å². The van der Waals surface area contributed by atoms with E-state index in [9.17, 15) is 4.79 Å². The first-order chi connectivity index (χ1) is 14.0. The van der Waals surface area contributed by atoms with Gasteiger partial charge < -0.3 is 14.5 Å². The average Bonchev–Trinajstić information content (AvgIpc) is 3.15. The molecule has 1 unspecified atom stereocenters. The van der Waals surface area contributed by atoms with Gasteiger partial charge in [-0.15, -0.1) is 0 Å². The van der Waals surface area contributed by atoms with Gasteiger partial charge in [-0.2, -0.15) is 0 Å². The molecule has 1 amide bonds. The first-order valence-corrected chi connectivity index (χ1v) is 9.49. The molecule has 0 saturated heterocycles. The number of ether oxygens (including phenoxy) is 1. The number of anilines is 1. The van der Waals surface area contributed by atoms with Crippen LogP contribution in [0.15, 0.2) is 65.3 Å². The van der Waals surface area contributed by atoms with E-state index >= 15 is 0 Å². The Hall–Kier alpha value is -3.09. The van der Waals surface area contributed by atoms with Gasteiger partial charge in [-0.3, -0.25) is 9.78 Å². The van der Waals surface area contributed by atoms with E-state index in [0.717, 1.165) is 5.56 Å². The Balaban J connectivity index is 1.50. The number of amides is 1. The van der Waals surface area contributed by atoms with Crippen LogP contribution in [0, 0.1) is 0 Å². The molecule has 0 radical (unpaired) electrons. The maximum absolute atomic E-state index is 12.5. The van der Waals surface area contributed by atoms with Crippen molar-refractivity contribution in [2.75, 3.05) is 5.32 Å². The molecule has 4 rings (SSSR count). The van der Waals surface area contributed by atoms with E-state index in [-0.39, 0.29) is 11.7 Å². The number of benzene rings is 2. The highest BCUT2D eigenvalue weighted by Gasteiger charge is 2.19. The summed E-state index contributed by atoms with van der Waals surface area (Å²) in [7, 11) is 0. The second-order valence-electron chi connectivity index (χ2n) is 6.24. The first-order valence-electron chi connectivity index (χ1n) is 8.74. The zero-order valence-corrected chi connectivity index (χ0v) is 16.7. The number of hydrogen-bond donors (Lipinski definition) is 1. The van der Waals surface area contributed by atoms with Gasteiger partial charge in [0.05, 0.1) is 10.0 Å². The van der Waals surface area contributed by atoms with Crippen LogP contribution in [0.3, 0.4) is 0 Å². The molecule has 6 nitrogen and oxygen atoms in total. The largest absolute Gasteiger partial charge is 0.478 e. The van der Waals surface area contributed by atoms with Crippen LogP contribution in [-0.2, 0) is 4.79 Å². The van der Waals surface area contributed by atoms with Crippen molar-refractivity contribution in [3.8, 4) is 17.2 Å². The van der Waals surface area contributed by atoms with Gasteiger partial charge in [0, 0.05) is 23.6 Å². The molecule has 0 aliphatic rings. The second-order valence-corrected chi connectivity index (χ2v) is 7.05. The van der Waals surface area contributed by atoms with Crippen LogP contribution in [0.2, 0.25) is 10.0 Å². The minimum Gasteiger partial charge on any atom is -0.478 e. The molecule has 0 fully saturated rings. The number of nitrogens with one attached hydrogen (secondary N) is 1. The first kappa shape index (κ1) is 19.2. The molecule has 0 aliphatic heterocycles. The number of para-hydroxylation sites is 1. The third-order valence-electron chi connectivity index (χ3n) is 4.17. The number of aromatic nitrogens is 2. The summed E-state index contributed by atoms with van der Waals surface area (Å²) in [5.74, 6) is 0.404. The van der Waals surface area contributed by atoms with Gasteiger partial charge in [0.25, 0.3) is 5.91 Å². The van der Waals surface area contributed by atoms with Crippen molar-refractivity contribution in [2.45, 2.75) is 13.0 Å². The molecule has 1 atom stereocenters. The summed E-state index contributed by atoms with van der Waals surface area (Å²) in [6.45, 7) is 1.62. The van der Waals surface area contributed by atoms with Crippen LogP contribution >= 0.6 is 23.2 Å². The van der Waals surface area contributed by atoms with Gasteiger partial charge >= 0.3 is 0 Å². The van der Waals surface area contributed by atoms with Crippen LogP contribution in [-0.4, -0.2) is 22.0 Å². The fraction of sp³-hybridized carbons (Fsp3) is 0.0952. The molecule has 8 heteroatoms. The van der Waals surface area contributed by atoms with E-state index in [1.807, 2.05) is 12.1 Å². The van der Waals surface area contributed by atoms with Crippen LogP contribution in [0.1, 0.15) is 6.92 Å². The Morgan fingerprint density at radius 3 is 2.55 bits per heavy atom. The standard InChI is InChI=1S/C21H15Cl2N3O3/c1-12(28-19-15(22)3-2-4-16(19)23)20(27)25-14-5-6-18-17(11-14)26-21(29-18)13-7-9-24-10-8-13/h2-12H,1H3,(H,25,27). The molecule has 2 heterocycles. The van der Waals surface area contributed by atoms with Gasteiger partial charge in [0.2, 0.25) is 5.89 Å². The maximum atomic E-state index is 12.5. The lowest BCUT2D eigenvalue weighted by Gasteiger charge is -2.16. The predicted molar refractivity (Wildman–Crippen MR) is 112 cm³/mol. The monoisotopic (exact) mass is 427 g/mol. The fourth-order valence-electron chi connectivity index (χ4n) is 2.69. The molecular formula is C21H15Cl2N3O3. The Bertz CT molecular complexity index is 1160. The summed E-state index contributed by atoms with van der Waals surface area (Å²) in [5.41, 5.74) is 2.62. The van der Waals surface area contributed by atoms with Crippen LogP contribution in [0.4, 0.5) is 5.69 Å². The lowest BCUT2D eigenvalue weighted by Crippen LogP contribution is -2.30. The quantitative estimate of drug-likeness (QED) is 0.448. The summed E-state index contributed by atoms with van der Waals surface area (Å²) in [5, 5.41) is 3.48. The van der Waals surface area contributed by atoms with Crippen molar-refractivity contribution < 1.29 is 13.9 Å². The van der Waals surface area contributed by atoms with Gasteiger partial charge in [-0.05, 0) is 49.4 Å². The normalized spacial score (nSPS) is 12.0. The average molecular weight is 428 g/mol. The third-order valence-corrected chi connectivity index (χ3v) is 4.76. The minimum absolute atomic E-state index is 0.271. The van der Waals surface area contributed by atoms with Crippen molar-refractivity contribution in [3.63, 3.8) is 0 Å². The molecule has 1 N–H and O–H groups in total.